The van der Waals surface area contributed by atoms with E-state index in [1.165, 1.54) is 30.5 Å². The minimum atomic E-state index is -2.12. The molecule has 0 fully saturated rings. The zero-order chi connectivity index (χ0) is 26.0. The number of rotatable bonds is 4. The molecule has 4 aromatic rings. The molecule has 35 heavy (non-hydrogen) atoms. The van der Waals surface area contributed by atoms with Gasteiger partial charge < -0.3 is 5.11 Å². The number of aliphatic hydroxyl groups is 1. The molecule has 184 valence electrons. The Morgan fingerprint density at radius 2 is 0.714 bits per heavy atom. The van der Waals surface area contributed by atoms with E-state index in [0.29, 0.717) is 5.92 Å². The van der Waals surface area contributed by atoms with Gasteiger partial charge in [0.1, 0.15) is 0 Å². The van der Waals surface area contributed by atoms with E-state index in [1.807, 2.05) is 0 Å². The highest BCUT2D eigenvalue weighted by molar-refractivity contribution is 5.42. The van der Waals surface area contributed by atoms with Crippen molar-refractivity contribution in [2.45, 2.75) is 25.7 Å². The summed E-state index contributed by atoms with van der Waals surface area (Å²) >= 11 is 0. The lowest BCUT2D eigenvalue weighted by Gasteiger charge is -2.18. The van der Waals surface area contributed by atoms with Crippen LogP contribution in [0.2, 0.25) is 0 Å². The summed E-state index contributed by atoms with van der Waals surface area (Å²) in [6.45, 7) is 2.69. The van der Waals surface area contributed by atoms with Crippen molar-refractivity contribution in [3.63, 3.8) is 0 Å². The highest BCUT2D eigenvalue weighted by atomic mass is 19.2. The maximum absolute atomic E-state index is 12.9. The van der Waals surface area contributed by atoms with Gasteiger partial charge in [0.2, 0.25) is 5.82 Å². The van der Waals surface area contributed by atoms with Gasteiger partial charge in [0, 0.05) is 18.6 Å². The molecule has 0 aliphatic heterocycles. The molecule has 4 rings (SSSR count). The molecule has 0 atom stereocenters. The van der Waals surface area contributed by atoms with Crippen molar-refractivity contribution in [2.75, 3.05) is 7.11 Å². The molecule has 4 aromatic carbocycles. The molecular formula is C29H27F5O. The van der Waals surface area contributed by atoms with Crippen LogP contribution in [0.15, 0.2) is 91.0 Å². The van der Waals surface area contributed by atoms with Crippen LogP contribution < -0.4 is 0 Å². The highest BCUT2D eigenvalue weighted by Gasteiger charge is 2.26. The first-order valence-corrected chi connectivity index (χ1v) is 10.9. The zero-order valence-electron chi connectivity index (χ0n) is 19.7. The summed E-state index contributed by atoms with van der Waals surface area (Å²) in [7, 11) is 1.00. The van der Waals surface area contributed by atoms with Crippen molar-refractivity contribution >= 4 is 0 Å². The van der Waals surface area contributed by atoms with Crippen LogP contribution in [0.4, 0.5) is 22.0 Å². The summed E-state index contributed by atoms with van der Waals surface area (Å²) < 4.78 is 63.6. The van der Waals surface area contributed by atoms with Crippen LogP contribution in [0.1, 0.15) is 47.9 Å². The van der Waals surface area contributed by atoms with Crippen molar-refractivity contribution in [3.8, 4) is 0 Å². The van der Waals surface area contributed by atoms with E-state index in [1.54, 1.807) is 0 Å². The fraction of sp³-hybridized carbons (Fsp3) is 0.172. The summed E-state index contributed by atoms with van der Waals surface area (Å²) in [5.41, 5.74) is 3.22. The Kier molecular flexibility index (Phi) is 10.6. The average molecular weight is 487 g/mol. The second-order valence-corrected chi connectivity index (χ2v) is 7.80. The smallest absolute Gasteiger partial charge is 0.200 e. The quantitative estimate of drug-likeness (QED) is 0.134. The number of halogens is 5. The molecule has 0 spiro atoms. The van der Waals surface area contributed by atoms with E-state index in [-0.39, 0.29) is 0 Å². The number of hydrogen-bond donors (Lipinski definition) is 1. The molecule has 0 aliphatic rings. The van der Waals surface area contributed by atoms with Gasteiger partial charge in [-0.15, -0.1) is 0 Å². The van der Waals surface area contributed by atoms with Crippen LogP contribution in [0.5, 0.6) is 0 Å². The van der Waals surface area contributed by atoms with Gasteiger partial charge in [-0.25, -0.2) is 22.0 Å². The summed E-state index contributed by atoms with van der Waals surface area (Å²) in [6, 6.07) is 32.0. The Morgan fingerprint density at radius 1 is 0.457 bits per heavy atom. The predicted molar refractivity (Wildman–Crippen MR) is 129 cm³/mol. The Bertz CT molecular complexity index is 1060. The van der Waals surface area contributed by atoms with Crippen LogP contribution >= 0.6 is 0 Å². The molecule has 0 saturated carbocycles. The lowest BCUT2D eigenvalue weighted by atomic mass is 9.85. The Labute approximate surface area is 202 Å². The molecule has 0 amide bonds. The third kappa shape index (κ3) is 6.76. The minimum Gasteiger partial charge on any atom is -0.400 e. The maximum atomic E-state index is 12.9. The summed E-state index contributed by atoms with van der Waals surface area (Å²) in [5.74, 6) is -9.87. The van der Waals surface area contributed by atoms with Crippen LogP contribution in [-0.4, -0.2) is 12.2 Å². The Morgan fingerprint density at radius 3 is 0.971 bits per heavy atom. The maximum Gasteiger partial charge on any atom is 0.200 e. The standard InChI is InChI=1S/C19H16.C9H7F5.CH4O/c1-4-10-16(11-5-1)19(17-12-6-2-7-13-17)18-14-8-3-9-15-18;1-3(2)4-5(10)7(12)9(14)8(13)6(4)11;1-2/h1-15,19H;3H,1-2H3;2H,1H3. The molecular weight excluding hydrogens is 459 g/mol. The first-order valence-electron chi connectivity index (χ1n) is 10.9. The fourth-order valence-corrected chi connectivity index (χ4v) is 3.64. The van der Waals surface area contributed by atoms with E-state index in [4.69, 9.17) is 5.11 Å². The minimum absolute atomic E-state index is 0.309. The van der Waals surface area contributed by atoms with Crippen LogP contribution in [0.3, 0.4) is 0 Å². The largest absolute Gasteiger partial charge is 0.400 e. The average Bonchev–Trinajstić information content (AvgIpc) is 2.90. The Hall–Kier alpha value is -3.51. The van der Waals surface area contributed by atoms with Crippen molar-refractivity contribution < 1.29 is 27.1 Å². The van der Waals surface area contributed by atoms with Crippen LogP contribution in [0.25, 0.3) is 0 Å². The number of benzene rings is 4. The molecule has 1 N–H and O–H groups in total. The summed E-state index contributed by atoms with van der Waals surface area (Å²) in [4.78, 5) is 0. The second-order valence-electron chi connectivity index (χ2n) is 7.80. The lowest BCUT2D eigenvalue weighted by Crippen LogP contribution is -2.08. The molecule has 0 unspecified atom stereocenters. The van der Waals surface area contributed by atoms with Crippen LogP contribution in [0, 0.1) is 29.1 Å². The summed E-state index contributed by atoms with van der Waals surface area (Å²) in [6.07, 6.45) is 0. The van der Waals surface area contributed by atoms with Crippen molar-refractivity contribution in [3.05, 3.63) is 142 Å². The van der Waals surface area contributed by atoms with E-state index < -0.39 is 40.6 Å². The van der Waals surface area contributed by atoms with Gasteiger partial charge in [-0.3, -0.25) is 0 Å². The third-order valence-electron chi connectivity index (χ3n) is 5.22. The summed E-state index contributed by atoms with van der Waals surface area (Å²) in [5, 5.41) is 7.00. The first kappa shape index (κ1) is 27.7. The molecule has 0 bridgehead atoms. The Balaban J connectivity index is 0.000000241. The van der Waals surface area contributed by atoms with Gasteiger partial charge >= 0.3 is 0 Å². The molecule has 1 nitrogen and oxygen atoms in total. The van der Waals surface area contributed by atoms with Gasteiger partial charge in [0.05, 0.1) is 0 Å². The van der Waals surface area contributed by atoms with Crippen molar-refractivity contribution in [2.24, 2.45) is 0 Å². The lowest BCUT2D eigenvalue weighted by molar-refractivity contribution is 0.366. The van der Waals surface area contributed by atoms with E-state index >= 15 is 0 Å². The van der Waals surface area contributed by atoms with E-state index in [0.717, 1.165) is 7.11 Å². The third-order valence-corrected chi connectivity index (χ3v) is 5.22. The molecule has 0 aromatic heterocycles. The SMILES string of the molecule is CC(C)c1c(F)c(F)c(F)c(F)c1F.CO.c1ccc(C(c2ccccc2)c2ccccc2)cc1. The van der Waals surface area contributed by atoms with Crippen molar-refractivity contribution in [1.29, 1.82) is 0 Å². The number of aliphatic hydroxyl groups excluding tert-OH is 1. The van der Waals surface area contributed by atoms with Gasteiger partial charge in [-0.1, -0.05) is 105 Å². The number of hydrogen-bond acceptors (Lipinski definition) is 1. The van der Waals surface area contributed by atoms with E-state index in [2.05, 4.69) is 91.0 Å². The monoisotopic (exact) mass is 486 g/mol. The van der Waals surface area contributed by atoms with Gasteiger partial charge in [-0.2, -0.15) is 0 Å². The van der Waals surface area contributed by atoms with Gasteiger partial charge in [0.15, 0.2) is 23.3 Å². The molecule has 0 aliphatic carbocycles. The van der Waals surface area contributed by atoms with Gasteiger partial charge in [0.25, 0.3) is 0 Å². The molecule has 0 saturated heterocycles. The second kappa shape index (κ2) is 13.4. The molecule has 0 radical (unpaired) electrons. The normalized spacial score (nSPS) is 10.4. The van der Waals surface area contributed by atoms with Crippen molar-refractivity contribution in [1.82, 2.24) is 0 Å². The predicted octanol–water partition coefficient (Wildman–Crippen LogP) is 7.98. The topological polar surface area (TPSA) is 20.2 Å². The zero-order valence-corrected chi connectivity index (χ0v) is 19.7. The molecule has 6 heteroatoms. The van der Waals surface area contributed by atoms with Crippen LogP contribution in [-0.2, 0) is 0 Å². The van der Waals surface area contributed by atoms with Gasteiger partial charge in [-0.05, 0) is 22.6 Å². The first-order chi connectivity index (χ1) is 16.8. The van der Waals surface area contributed by atoms with E-state index in [9.17, 15) is 22.0 Å². The fourth-order valence-electron chi connectivity index (χ4n) is 3.64. The molecule has 0 heterocycles. The highest BCUT2D eigenvalue weighted by Crippen LogP contribution is 2.31.